The van der Waals surface area contributed by atoms with Gasteiger partial charge in [-0.3, -0.25) is 0 Å². The van der Waals surface area contributed by atoms with Crippen LogP contribution in [-0.4, -0.2) is 20.8 Å². The SMILES string of the molecule is Oc1ccc(-c2nc3ccccc3n2CC(F)(F)F)cc1. The van der Waals surface area contributed by atoms with Crippen molar-refractivity contribution in [3.63, 3.8) is 0 Å². The van der Waals surface area contributed by atoms with Crippen LogP contribution in [0.4, 0.5) is 13.2 Å². The first-order valence-corrected chi connectivity index (χ1v) is 6.25. The van der Waals surface area contributed by atoms with Crippen LogP contribution in [0.3, 0.4) is 0 Å². The summed E-state index contributed by atoms with van der Waals surface area (Å²) in [5.74, 6) is 0.283. The highest BCUT2D eigenvalue weighted by atomic mass is 19.4. The molecule has 3 nitrogen and oxygen atoms in total. The fraction of sp³-hybridized carbons (Fsp3) is 0.133. The monoisotopic (exact) mass is 292 g/mol. The Kier molecular flexibility index (Phi) is 3.08. The van der Waals surface area contributed by atoms with Gasteiger partial charge in [-0.2, -0.15) is 13.2 Å². The zero-order valence-electron chi connectivity index (χ0n) is 10.8. The van der Waals surface area contributed by atoms with Crippen LogP contribution in [0.25, 0.3) is 22.4 Å². The van der Waals surface area contributed by atoms with Gasteiger partial charge in [0, 0.05) is 5.56 Å². The summed E-state index contributed by atoms with van der Waals surface area (Å²) in [5.41, 5.74) is 1.45. The molecule has 6 heteroatoms. The summed E-state index contributed by atoms with van der Waals surface area (Å²) in [6, 6.07) is 12.6. The van der Waals surface area contributed by atoms with Crippen molar-refractivity contribution in [1.82, 2.24) is 9.55 Å². The number of para-hydroxylation sites is 2. The summed E-state index contributed by atoms with van der Waals surface area (Å²) in [6.07, 6.45) is -4.34. The van der Waals surface area contributed by atoms with Crippen molar-refractivity contribution in [1.29, 1.82) is 0 Å². The van der Waals surface area contributed by atoms with E-state index in [0.29, 0.717) is 16.6 Å². The number of fused-ring (bicyclic) bond motifs is 1. The number of benzene rings is 2. The number of imidazole rings is 1. The van der Waals surface area contributed by atoms with Crippen LogP contribution in [0.5, 0.6) is 5.75 Å². The second kappa shape index (κ2) is 4.80. The van der Waals surface area contributed by atoms with Crippen LogP contribution in [0.1, 0.15) is 0 Å². The third-order valence-electron chi connectivity index (χ3n) is 3.12. The van der Waals surface area contributed by atoms with E-state index in [1.165, 1.54) is 12.1 Å². The Morgan fingerprint density at radius 3 is 2.33 bits per heavy atom. The number of alkyl halides is 3. The highest BCUT2D eigenvalue weighted by Crippen LogP contribution is 2.29. The lowest BCUT2D eigenvalue weighted by Gasteiger charge is -2.12. The number of rotatable bonds is 2. The zero-order valence-corrected chi connectivity index (χ0v) is 10.8. The molecule has 3 aromatic rings. The first-order valence-electron chi connectivity index (χ1n) is 6.25. The lowest BCUT2D eigenvalue weighted by atomic mass is 10.2. The Morgan fingerprint density at radius 2 is 1.67 bits per heavy atom. The lowest BCUT2D eigenvalue weighted by Crippen LogP contribution is -2.18. The van der Waals surface area contributed by atoms with Crippen molar-refractivity contribution in [3.05, 3.63) is 48.5 Å². The molecule has 1 N–H and O–H groups in total. The largest absolute Gasteiger partial charge is 0.508 e. The van der Waals surface area contributed by atoms with Crippen LogP contribution in [0, 0.1) is 0 Å². The molecule has 0 amide bonds. The van der Waals surface area contributed by atoms with E-state index in [1.807, 2.05) is 0 Å². The fourth-order valence-electron chi connectivity index (χ4n) is 2.25. The van der Waals surface area contributed by atoms with Gasteiger partial charge in [0.25, 0.3) is 0 Å². The molecular formula is C15H11F3N2O. The van der Waals surface area contributed by atoms with Crippen LogP contribution in [0.2, 0.25) is 0 Å². The fourth-order valence-corrected chi connectivity index (χ4v) is 2.25. The molecule has 2 aromatic carbocycles. The molecule has 0 atom stereocenters. The Labute approximate surface area is 118 Å². The highest BCUT2D eigenvalue weighted by Gasteiger charge is 2.30. The van der Waals surface area contributed by atoms with Crippen molar-refractivity contribution >= 4 is 11.0 Å². The maximum absolute atomic E-state index is 12.8. The van der Waals surface area contributed by atoms with E-state index >= 15 is 0 Å². The summed E-state index contributed by atoms with van der Waals surface area (Å²) in [5, 5.41) is 9.29. The van der Waals surface area contributed by atoms with Gasteiger partial charge in [-0.15, -0.1) is 0 Å². The first-order chi connectivity index (χ1) is 9.94. The lowest BCUT2D eigenvalue weighted by molar-refractivity contribution is -0.139. The van der Waals surface area contributed by atoms with Gasteiger partial charge in [0.15, 0.2) is 0 Å². The summed E-state index contributed by atoms with van der Waals surface area (Å²) < 4.78 is 39.6. The van der Waals surface area contributed by atoms with Crippen molar-refractivity contribution < 1.29 is 18.3 Å². The molecule has 1 heterocycles. The predicted molar refractivity (Wildman–Crippen MR) is 72.9 cm³/mol. The molecule has 0 aliphatic carbocycles. The zero-order chi connectivity index (χ0) is 15.0. The predicted octanol–water partition coefficient (Wildman–Crippen LogP) is 3.97. The maximum Gasteiger partial charge on any atom is 0.406 e. The molecule has 0 spiro atoms. The van der Waals surface area contributed by atoms with E-state index in [2.05, 4.69) is 4.98 Å². The Hall–Kier alpha value is -2.50. The van der Waals surface area contributed by atoms with Gasteiger partial charge in [0.1, 0.15) is 18.1 Å². The molecule has 108 valence electrons. The van der Waals surface area contributed by atoms with Crippen LogP contribution < -0.4 is 0 Å². The summed E-state index contributed by atoms with van der Waals surface area (Å²) in [6.45, 7) is -1.11. The number of hydrogen-bond donors (Lipinski definition) is 1. The van der Waals surface area contributed by atoms with Crippen LogP contribution >= 0.6 is 0 Å². The molecule has 0 aliphatic heterocycles. The second-order valence-electron chi connectivity index (χ2n) is 4.67. The molecular weight excluding hydrogens is 281 g/mol. The average Bonchev–Trinajstić information content (AvgIpc) is 2.77. The number of phenolic OH excluding ortho intramolecular Hbond substituents is 1. The number of hydrogen-bond acceptors (Lipinski definition) is 2. The summed E-state index contributed by atoms with van der Waals surface area (Å²) in [4.78, 5) is 4.28. The van der Waals surface area contributed by atoms with E-state index in [0.717, 1.165) is 4.57 Å². The van der Waals surface area contributed by atoms with E-state index in [1.54, 1.807) is 36.4 Å². The van der Waals surface area contributed by atoms with Crippen LogP contribution in [0.15, 0.2) is 48.5 Å². The molecule has 0 saturated carbocycles. The highest BCUT2D eigenvalue weighted by molar-refractivity contribution is 5.80. The van der Waals surface area contributed by atoms with E-state index in [4.69, 9.17) is 0 Å². The molecule has 0 unspecified atom stereocenters. The van der Waals surface area contributed by atoms with E-state index in [9.17, 15) is 18.3 Å². The Balaban J connectivity index is 2.21. The molecule has 0 bridgehead atoms. The third-order valence-corrected chi connectivity index (χ3v) is 3.12. The Bertz CT molecular complexity index is 776. The number of aromatic hydroxyl groups is 1. The minimum Gasteiger partial charge on any atom is -0.508 e. The molecule has 0 saturated heterocycles. The van der Waals surface area contributed by atoms with Crippen LogP contribution in [-0.2, 0) is 6.54 Å². The summed E-state index contributed by atoms with van der Waals surface area (Å²) in [7, 11) is 0. The minimum atomic E-state index is -4.34. The standard InChI is InChI=1S/C15H11F3N2O/c16-15(17,18)9-20-13-4-2-1-3-12(13)19-14(20)10-5-7-11(21)8-6-10/h1-8,21H,9H2. The number of halogens is 3. The van der Waals surface area contributed by atoms with Crippen molar-refractivity contribution in [2.24, 2.45) is 0 Å². The third kappa shape index (κ3) is 2.69. The number of aromatic nitrogens is 2. The molecule has 0 fully saturated rings. The molecule has 0 radical (unpaired) electrons. The summed E-state index contributed by atoms with van der Waals surface area (Å²) >= 11 is 0. The smallest absolute Gasteiger partial charge is 0.406 e. The number of nitrogens with zero attached hydrogens (tertiary/aromatic N) is 2. The van der Waals surface area contributed by atoms with Gasteiger partial charge >= 0.3 is 6.18 Å². The maximum atomic E-state index is 12.8. The second-order valence-corrected chi connectivity index (χ2v) is 4.67. The van der Waals surface area contributed by atoms with Gasteiger partial charge in [0.2, 0.25) is 0 Å². The number of phenols is 1. The molecule has 1 aromatic heterocycles. The Morgan fingerprint density at radius 1 is 1.00 bits per heavy atom. The van der Waals surface area contributed by atoms with Gasteiger partial charge in [-0.25, -0.2) is 4.98 Å². The van der Waals surface area contributed by atoms with Gasteiger partial charge < -0.3 is 9.67 Å². The minimum absolute atomic E-state index is 0.0530. The topological polar surface area (TPSA) is 38.1 Å². The van der Waals surface area contributed by atoms with Crippen molar-refractivity contribution in [2.75, 3.05) is 0 Å². The van der Waals surface area contributed by atoms with Gasteiger partial charge in [-0.05, 0) is 36.4 Å². The van der Waals surface area contributed by atoms with Gasteiger partial charge in [0.05, 0.1) is 11.0 Å². The normalized spacial score (nSPS) is 12.0. The van der Waals surface area contributed by atoms with Gasteiger partial charge in [-0.1, -0.05) is 12.1 Å². The van der Waals surface area contributed by atoms with E-state index in [-0.39, 0.29) is 11.6 Å². The first kappa shape index (κ1) is 13.5. The quantitative estimate of drug-likeness (QED) is 0.776. The molecule has 0 aliphatic rings. The van der Waals surface area contributed by atoms with E-state index < -0.39 is 12.7 Å². The molecule has 3 rings (SSSR count). The van der Waals surface area contributed by atoms with Crippen molar-refractivity contribution in [3.8, 4) is 17.1 Å². The van der Waals surface area contributed by atoms with Crippen molar-refractivity contribution in [2.45, 2.75) is 12.7 Å². The average molecular weight is 292 g/mol. The molecule has 21 heavy (non-hydrogen) atoms.